The highest BCUT2D eigenvalue weighted by Crippen LogP contribution is 2.44. The molecule has 0 radical (unpaired) electrons. The zero-order chi connectivity index (χ0) is 13.1. The van der Waals surface area contributed by atoms with Crippen molar-refractivity contribution in [3.8, 4) is 0 Å². The molecule has 18 heavy (non-hydrogen) atoms. The lowest BCUT2D eigenvalue weighted by molar-refractivity contribution is -0.141. The Morgan fingerprint density at radius 1 is 1.22 bits per heavy atom. The first-order valence-corrected chi connectivity index (χ1v) is 7.36. The first-order chi connectivity index (χ1) is 8.69. The van der Waals surface area contributed by atoms with Gasteiger partial charge in [0.2, 0.25) is 11.8 Å². The van der Waals surface area contributed by atoms with E-state index in [-0.39, 0.29) is 23.7 Å². The lowest BCUT2D eigenvalue weighted by Gasteiger charge is -2.17. The summed E-state index contributed by atoms with van der Waals surface area (Å²) < 4.78 is 5.28. The summed E-state index contributed by atoms with van der Waals surface area (Å²) in [6.45, 7) is 3.51. The summed E-state index contributed by atoms with van der Waals surface area (Å²) >= 11 is 4.04. The van der Waals surface area contributed by atoms with E-state index in [1.54, 1.807) is 0 Å². The number of amides is 2. The van der Waals surface area contributed by atoms with Crippen LogP contribution >= 0.6 is 12.6 Å². The number of carbonyl (C=O) groups is 2. The molecule has 2 unspecified atom stereocenters. The average molecular weight is 271 g/mol. The van der Waals surface area contributed by atoms with E-state index in [1.165, 1.54) is 4.90 Å². The normalized spacial score (nSPS) is 31.2. The van der Waals surface area contributed by atoms with Crippen molar-refractivity contribution in [2.45, 2.75) is 26.2 Å². The highest BCUT2D eigenvalue weighted by Gasteiger charge is 2.51. The van der Waals surface area contributed by atoms with E-state index < -0.39 is 0 Å². The van der Waals surface area contributed by atoms with Gasteiger partial charge in [0.05, 0.1) is 31.6 Å². The molecule has 2 aliphatic rings. The van der Waals surface area contributed by atoms with E-state index in [2.05, 4.69) is 19.6 Å². The lowest BCUT2D eigenvalue weighted by atomic mass is 10.00. The van der Waals surface area contributed by atoms with Gasteiger partial charge < -0.3 is 4.74 Å². The number of carbonyl (C=O) groups excluding carboxylic acids is 2. The van der Waals surface area contributed by atoms with Gasteiger partial charge in [-0.3, -0.25) is 14.5 Å². The molecule has 4 nitrogen and oxygen atoms in total. The minimum Gasteiger partial charge on any atom is -0.379 e. The number of imide groups is 1. The summed E-state index contributed by atoms with van der Waals surface area (Å²) in [4.78, 5) is 25.7. The molecule has 1 heterocycles. The van der Waals surface area contributed by atoms with Crippen LogP contribution in [0.4, 0.5) is 0 Å². The number of ether oxygens (including phenoxy) is 1. The van der Waals surface area contributed by atoms with Gasteiger partial charge in [-0.25, -0.2) is 0 Å². The van der Waals surface area contributed by atoms with Crippen LogP contribution in [-0.2, 0) is 14.3 Å². The number of likely N-dealkylation sites (tertiary alicyclic amines) is 1. The van der Waals surface area contributed by atoms with Crippen molar-refractivity contribution < 1.29 is 14.3 Å². The Morgan fingerprint density at radius 2 is 1.83 bits per heavy atom. The van der Waals surface area contributed by atoms with Crippen molar-refractivity contribution in [1.29, 1.82) is 0 Å². The molecule has 2 fully saturated rings. The van der Waals surface area contributed by atoms with Crippen molar-refractivity contribution in [3.63, 3.8) is 0 Å². The van der Waals surface area contributed by atoms with E-state index in [4.69, 9.17) is 4.74 Å². The summed E-state index contributed by atoms with van der Waals surface area (Å²) in [7, 11) is 0. The summed E-state index contributed by atoms with van der Waals surface area (Å²) in [5.74, 6) is 1.16. The summed E-state index contributed by atoms with van der Waals surface area (Å²) in [6.07, 6.45) is 2.85. The van der Waals surface area contributed by atoms with Gasteiger partial charge in [-0.1, -0.05) is 13.3 Å². The number of hydrogen-bond acceptors (Lipinski definition) is 4. The maximum absolute atomic E-state index is 12.2. The van der Waals surface area contributed by atoms with Crippen molar-refractivity contribution >= 4 is 24.4 Å². The molecule has 2 amide bonds. The molecule has 2 rings (SSSR count). The summed E-state index contributed by atoms with van der Waals surface area (Å²) in [5.41, 5.74) is 0. The third kappa shape index (κ3) is 2.57. The molecule has 1 aliphatic heterocycles. The predicted octanol–water partition coefficient (Wildman–Crippen LogP) is 1.35. The largest absolute Gasteiger partial charge is 0.379 e. The van der Waals surface area contributed by atoms with Crippen molar-refractivity contribution in [1.82, 2.24) is 4.90 Å². The SMILES string of the molecule is CCC1CC2C(=O)N(CCOCCS)C(=O)C2C1. The van der Waals surface area contributed by atoms with Gasteiger partial charge in [-0.05, 0) is 18.8 Å². The minimum atomic E-state index is -0.0488. The second-order valence-corrected chi connectivity index (χ2v) is 5.57. The number of thiol groups is 1. The number of rotatable bonds is 6. The van der Waals surface area contributed by atoms with Crippen LogP contribution in [0.3, 0.4) is 0 Å². The average Bonchev–Trinajstić information content (AvgIpc) is 2.89. The Kier molecular flexibility index (Phi) is 4.67. The van der Waals surface area contributed by atoms with Crippen molar-refractivity contribution in [2.75, 3.05) is 25.5 Å². The Hall–Kier alpha value is -0.550. The molecular weight excluding hydrogens is 250 g/mol. The molecule has 0 aromatic carbocycles. The van der Waals surface area contributed by atoms with Gasteiger partial charge in [0, 0.05) is 5.75 Å². The second kappa shape index (κ2) is 6.06. The van der Waals surface area contributed by atoms with Gasteiger partial charge in [0.25, 0.3) is 0 Å². The van der Waals surface area contributed by atoms with Gasteiger partial charge in [-0.15, -0.1) is 0 Å². The first-order valence-electron chi connectivity index (χ1n) is 6.72. The summed E-state index contributed by atoms with van der Waals surface area (Å²) in [6, 6.07) is 0. The van der Waals surface area contributed by atoms with Gasteiger partial charge in [0.1, 0.15) is 0 Å². The molecule has 5 heteroatoms. The molecule has 2 atom stereocenters. The minimum absolute atomic E-state index is 0.0235. The molecular formula is C13H21NO3S. The van der Waals surface area contributed by atoms with Crippen molar-refractivity contribution in [3.05, 3.63) is 0 Å². The number of hydrogen-bond donors (Lipinski definition) is 1. The van der Waals surface area contributed by atoms with Crippen LogP contribution in [-0.4, -0.2) is 42.2 Å². The highest BCUT2D eigenvalue weighted by molar-refractivity contribution is 7.80. The van der Waals surface area contributed by atoms with Gasteiger partial charge in [0.15, 0.2) is 0 Å². The third-order valence-electron chi connectivity index (χ3n) is 4.10. The van der Waals surface area contributed by atoms with Crippen LogP contribution in [0.15, 0.2) is 0 Å². The van der Waals surface area contributed by atoms with E-state index in [0.29, 0.717) is 31.4 Å². The molecule has 0 N–H and O–H groups in total. The Labute approximate surface area is 113 Å². The number of nitrogens with zero attached hydrogens (tertiary/aromatic N) is 1. The van der Waals surface area contributed by atoms with Crippen LogP contribution in [0.2, 0.25) is 0 Å². The lowest BCUT2D eigenvalue weighted by Crippen LogP contribution is -2.35. The van der Waals surface area contributed by atoms with Crippen LogP contribution in [0.25, 0.3) is 0 Å². The van der Waals surface area contributed by atoms with Gasteiger partial charge >= 0.3 is 0 Å². The molecule has 0 spiro atoms. The molecule has 0 bridgehead atoms. The second-order valence-electron chi connectivity index (χ2n) is 5.12. The van der Waals surface area contributed by atoms with E-state index >= 15 is 0 Å². The monoisotopic (exact) mass is 271 g/mol. The standard InChI is InChI=1S/C13H21NO3S/c1-2-9-7-10-11(8-9)13(16)14(12(10)15)3-4-17-5-6-18/h9-11,18H,2-8H2,1H3. The smallest absolute Gasteiger partial charge is 0.233 e. The maximum atomic E-state index is 12.2. The van der Waals surface area contributed by atoms with Crippen LogP contribution in [0.1, 0.15) is 26.2 Å². The van der Waals surface area contributed by atoms with Crippen LogP contribution in [0, 0.1) is 17.8 Å². The van der Waals surface area contributed by atoms with E-state index in [1.807, 2.05) is 0 Å². The third-order valence-corrected chi connectivity index (χ3v) is 4.28. The molecule has 0 aromatic heterocycles. The predicted molar refractivity (Wildman–Crippen MR) is 71.4 cm³/mol. The number of fused-ring (bicyclic) bond motifs is 1. The Morgan fingerprint density at radius 3 is 2.33 bits per heavy atom. The zero-order valence-electron chi connectivity index (χ0n) is 10.8. The molecule has 1 aliphatic carbocycles. The maximum Gasteiger partial charge on any atom is 0.233 e. The quantitative estimate of drug-likeness (QED) is 0.451. The Balaban J connectivity index is 1.88. The zero-order valence-corrected chi connectivity index (χ0v) is 11.7. The molecule has 1 saturated heterocycles. The fourth-order valence-corrected chi connectivity index (χ4v) is 3.20. The molecule has 1 saturated carbocycles. The van der Waals surface area contributed by atoms with Crippen LogP contribution in [0.5, 0.6) is 0 Å². The molecule has 0 aromatic rings. The fraction of sp³-hybridized carbons (Fsp3) is 0.846. The van der Waals surface area contributed by atoms with Gasteiger partial charge in [-0.2, -0.15) is 12.6 Å². The Bertz CT molecular complexity index is 310. The van der Waals surface area contributed by atoms with E-state index in [0.717, 1.165) is 19.3 Å². The van der Waals surface area contributed by atoms with E-state index in [9.17, 15) is 9.59 Å². The fourth-order valence-electron chi connectivity index (χ4n) is 3.07. The highest BCUT2D eigenvalue weighted by atomic mass is 32.1. The molecule has 102 valence electrons. The first kappa shape index (κ1) is 13.9. The summed E-state index contributed by atoms with van der Waals surface area (Å²) in [5, 5.41) is 0. The topological polar surface area (TPSA) is 46.6 Å². The van der Waals surface area contributed by atoms with Crippen LogP contribution < -0.4 is 0 Å². The van der Waals surface area contributed by atoms with Crippen molar-refractivity contribution in [2.24, 2.45) is 17.8 Å².